The van der Waals surface area contributed by atoms with Crippen molar-refractivity contribution in [2.24, 2.45) is 5.92 Å². The number of fused-ring (bicyclic) bond motifs is 1. The number of rotatable bonds is 7. The summed E-state index contributed by atoms with van der Waals surface area (Å²) >= 11 is 0. The van der Waals surface area contributed by atoms with Gasteiger partial charge in [-0.15, -0.1) is 0 Å². The first-order chi connectivity index (χ1) is 17.9. The van der Waals surface area contributed by atoms with E-state index in [9.17, 15) is 9.59 Å². The molecule has 194 valence electrons. The van der Waals surface area contributed by atoms with Crippen LogP contribution in [0.1, 0.15) is 65.4 Å². The van der Waals surface area contributed by atoms with E-state index in [-0.39, 0.29) is 54.7 Å². The Hall–Kier alpha value is -4.15. The molecule has 1 fully saturated rings. The molecule has 0 unspecified atom stereocenters. The Kier molecular flexibility index (Phi) is 6.93. The summed E-state index contributed by atoms with van der Waals surface area (Å²) in [5, 5.41) is 12.8. The maximum atomic E-state index is 13.4. The van der Waals surface area contributed by atoms with Crippen molar-refractivity contribution in [3.8, 4) is 11.9 Å². The largest absolute Gasteiger partial charge is 0.481 e. The van der Waals surface area contributed by atoms with Gasteiger partial charge in [0.05, 0.1) is 12.2 Å². The molecule has 3 N–H and O–H groups in total. The molecule has 1 aromatic carbocycles. The number of nitrogens with two attached hydrogens (primary N) is 1. The normalized spacial score (nSPS) is 19.6. The topological polar surface area (TPSA) is 154 Å². The number of benzene rings is 1. The fourth-order valence-corrected chi connectivity index (χ4v) is 5.02. The first kappa shape index (κ1) is 24.5. The monoisotopic (exact) mass is 507 g/mol. The van der Waals surface area contributed by atoms with Crippen LogP contribution in [-0.4, -0.2) is 45.3 Å². The number of carbonyl (C=O) groups excluding carboxylic acids is 1. The van der Waals surface area contributed by atoms with Gasteiger partial charge in [0.2, 0.25) is 5.88 Å². The SMILES string of the molecule is Cc1cc(COc2nc(N)c3c(n2)OCCN(c2ccc(C4CCC(CC(=O)O)CC4)cc2)C3=O)on1. The average molecular weight is 508 g/mol. The number of nitrogens with zero attached hydrogens (tertiary/aromatic N) is 4. The lowest BCUT2D eigenvalue weighted by Crippen LogP contribution is -2.32. The van der Waals surface area contributed by atoms with Gasteiger partial charge in [-0.3, -0.25) is 9.59 Å². The highest BCUT2D eigenvalue weighted by Crippen LogP contribution is 2.38. The summed E-state index contributed by atoms with van der Waals surface area (Å²) in [6.45, 7) is 2.41. The maximum Gasteiger partial charge on any atom is 0.322 e. The van der Waals surface area contributed by atoms with E-state index in [2.05, 4.69) is 15.1 Å². The number of anilines is 2. The number of nitrogen functional groups attached to an aromatic ring is 1. The van der Waals surface area contributed by atoms with E-state index in [1.165, 1.54) is 5.56 Å². The number of hydrogen-bond acceptors (Lipinski definition) is 9. The fourth-order valence-electron chi connectivity index (χ4n) is 5.02. The quantitative estimate of drug-likeness (QED) is 0.483. The second-order valence-corrected chi connectivity index (χ2v) is 9.51. The number of ether oxygens (including phenoxy) is 2. The second kappa shape index (κ2) is 10.5. The third-order valence-corrected chi connectivity index (χ3v) is 6.90. The molecule has 3 aromatic rings. The number of carbonyl (C=O) groups is 2. The van der Waals surface area contributed by atoms with Crippen molar-refractivity contribution in [2.45, 2.75) is 51.6 Å². The highest BCUT2D eigenvalue weighted by molar-refractivity contribution is 6.10. The molecule has 1 saturated carbocycles. The summed E-state index contributed by atoms with van der Waals surface area (Å²) in [7, 11) is 0. The number of carboxylic acids is 1. The van der Waals surface area contributed by atoms with Crippen LogP contribution < -0.4 is 20.1 Å². The van der Waals surface area contributed by atoms with Crippen LogP contribution in [0.2, 0.25) is 0 Å². The number of aliphatic carboxylic acids is 1. The van der Waals surface area contributed by atoms with Crippen molar-refractivity contribution in [1.82, 2.24) is 15.1 Å². The van der Waals surface area contributed by atoms with E-state index in [0.717, 1.165) is 37.1 Å². The van der Waals surface area contributed by atoms with Crippen LogP contribution in [0.25, 0.3) is 0 Å². The van der Waals surface area contributed by atoms with Gasteiger partial charge in [-0.1, -0.05) is 17.3 Å². The van der Waals surface area contributed by atoms with Crippen molar-refractivity contribution in [1.29, 1.82) is 0 Å². The van der Waals surface area contributed by atoms with Crippen LogP contribution in [0.4, 0.5) is 11.5 Å². The van der Waals surface area contributed by atoms with E-state index in [4.69, 9.17) is 24.8 Å². The zero-order chi connectivity index (χ0) is 25.9. The van der Waals surface area contributed by atoms with Crippen LogP contribution in [0.3, 0.4) is 0 Å². The smallest absolute Gasteiger partial charge is 0.322 e. The number of aryl methyl sites for hydroxylation is 1. The summed E-state index contributed by atoms with van der Waals surface area (Å²) in [5.74, 6) is 0.147. The molecule has 1 aliphatic heterocycles. The Balaban J connectivity index is 1.27. The molecule has 0 bridgehead atoms. The van der Waals surface area contributed by atoms with Gasteiger partial charge in [0.25, 0.3) is 5.91 Å². The molecule has 2 aromatic heterocycles. The Morgan fingerprint density at radius 2 is 1.95 bits per heavy atom. The Labute approximate surface area is 213 Å². The van der Waals surface area contributed by atoms with Crippen molar-refractivity contribution < 1.29 is 28.7 Å². The zero-order valence-electron chi connectivity index (χ0n) is 20.6. The van der Waals surface area contributed by atoms with E-state index in [0.29, 0.717) is 18.2 Å². The van der Waals surface area contributed by atoms with Gasteiger partial charge >= 0.3 is 12.0 Å². The molecule has 1 amide bonds. The average Bonchev–Trinajstić information content (AvgIpc) is 3.22. The molecule has 3 heterocycles. The molecule has 2 aliphatic rings. The van der Waals surface area contributed by atoms with Crippen LogP contribution in [0, 0.1) is 12.8 Å². The molecule has 11 nitrogen and oxygen atoms in total. The summed E-state index contributed by atoms with van der Waals surface area (Å²) in [6, 6.07) is 9.65. The van der Waals surface area contributed by atoms with Gasteiger partial charge in [0.15, 0.2) is 12.4 Å². The maximum absolute atomic E-state index is 13.4. The molecule has 5 rings (SSSR count). The highest BCUT2D eigenvalue weighted by atomic mass is 16.5. The lowest BCUT2D eigenvalue weighted by Gasteiger charge is -2.28. The lowest BCUT2D eigenvalue weighted by atomic mass is 9.77. The summed E-state index contributed by atoms with van der Waals surface area (Å²) in [6.07, 6.45) is 4.01. The summed E-state index contributed by atoms with van der Waals surface area (Å²) in [4.78, 5) is 34.4. The van der Waals surface area contributed by atoms with Crippen molar-refractivity contribution in [3.05, 3.63) is 52.9 Å². The molecular weight excluding hydrogens is 478 g/mol. The minimum Gasteiger partial charge on any atom is -0.481 e. The molecule has 0 radical (unpaired) electrons. The number of carboxylic acid groups (broad SMARTS) is 1. The first-order valence-corrected chi connectivity index (χ1v) is 12.4. The van der Waals surface area contributed by atoms with Gasteiger partial charge in [-0.2, -0.15) is 9.97 Å². The lowest BCUT2D eigenvalue weighted by molar-refractivity contribution is -0.138. The van der Waals surface area contributed by atoms with E-state index >= 15 is 0 Å². The molecule has 37 heavy (non-hydrogen) atoms. The molecule has 0 atom stereocenters. The third kappa shape index (κ3) is 5.50. The van der Waals surface area contributed by atoms with Gasteiger partial charge in [-0.05, 0) is 62.1 Å². The van der Waals surface area contributed by atoms with E-state index < -0.39 is 5.97 Å². The Bertz CT molecular complexity index is 1280. The van der Waals surface area contributed by atoms with Crippen LogP contribution in [-0.2, 0) is 11.4 Å². The zero-order valence-corrected chi connectivity index (χ0v) is 20.6. The van der Waals surface area contributed by atoms with E-state index in [1.54, 1.807) is 17.9 Å². The van der Waals surface area contributed by atoms with Crippen molar-refractivity contribution in [3.63, 3.8) is 0 Å². The Morgan fingerprint density at radius 3 is 2.62 bits per heavy atom. The van der Waals surface area contributed by atoms with Crippen LogP contribution in [0.15, 0.2) is 34.9 Å². The van der Waals surface area contributed by atoms with Crippen molar-refractivity contribution in [2.75, 3.05) is 23.8 Å². The minimum absolute atomic E-state index is 0.0195. The Morgan fingerprint density at radius 1 is 1.19 bits per heavy atom. The molecule has 0 spiro atoms. The van der Waals surface area contributed by atoms with Crippen LogP contribution in [0.5, 0.6) is 11.9 Å². The molecular formula is C26H29N5O6. The standard InChI is InChI=1S/C26H29N5O6/c1-15-12-20(37-30-15)14-36-26-28-23(27)22-24(29-26)35-11-10-31(25(22)34)19-8-6-18(7-9-19)17-4-2-16(3-5-17)13-21(32)33/h6-9,12,16-17H,2-5,10-11,13-14H2,1H3,(H,32,33)(H2,27,28,29). The summed E-state index contributed by atoms with van der Waals surface area (Å²) in [5.41, 5.74) is 8.90. The van der Waals surface area contributed by atoms with Gasteiger partial charge in [-0.25, -0.2) is 0 Å². The number of amides is 1. The fraction of sp³-hybridized carbons (Fsp3) is 0.423. The number of aromatic nitrogens is 3. The van der Waals surface area contributed by atoms with Gasteiger partial charge in [0.1, 0.15) is 18.0 Å². The predicted octanol–water partition coefficient (Wildman–Crippen LogP) is 3.72. The predicted molar refractivity (Wildman–Crippen MR) is 133 cm³/mol. The van der Waals surface area contributed by atoms with Crippen molar-refractivity contribution >= 4 is 23.4 Å². The molecule has 1 aliphatic carbocycles. The third-order valence-electron chi connectivity index (χ3n) is 6.90. The van der Waals surface area contributed by atoms with Gasteiger partial charge in [0, 0.05) is 18.2 Å². The number of hydrogen-bond donors (Lipinski definition) is 2. The molecule has 0 saturated heterocycles. The highest BCUT2D eigenvalue weighted by Gasteiger charge is 2.30. The summed E-state index contributed by atoms with van der Waals surface area (Å²) < 4.78 is 16.4. The second-order valence-electron chi connectivity index (χ2n) is 9.51. The minimum atomic E-state index is -0.725. The van der Waals surface area contributed by atoms with Gasteiger partial charge < -0.3 is 29.7 Å². The first-order valence-electron chi connectivity index (χ1n) is 12.4. The molecule has 11 heteroatoms. The van der Waals surface area contributed by atoms with Crippen LogP contribution >= 0.6 is 0 Å². The van der Waals surface area contributed by atoms with E-state index in [1.807, 2.05) is 24.3 Å².